The van der Waals surface area contributed by atoms with Crippen molar-refractivity contribution < 1.29 is 9.53 Å². The molecule has 17 heavy (non-hydrogen) atoms. The molecule has 1 aromatic rings. The molecule has 0 saturated heterocycles. The average Bonchev–Trinajstić information content (AvgIpc) is 2.61. The van der Waals surface area contributed by atoms with Crippen molar-refractivity contribution in [1.29, 1.82) is 5.26 Å². The molecule has 0 radical (unpaired) electrons. The van der Waals surface area contributed by atoms with Gasteiger partial charge in [-0.1, -0.05) is 0 Å². The van der Waals surface area contributed by atoms with Gasteiger partial charge in [-0.15, -0.1) is 11.3 Å². The first kappa shape index (κ1) is 13.3. The van der Waals surface area contributed by atoms with Crippen molar-refractivity contribution in [2.45, 2.75) is 6.92 Å². The summed E-state index contributed by atoms with van der Waals surface area (Å²) in [6, 6.07) is 1.93. The predicted molar refractivity (Wildman–Crippen MR) is 66.9 cm³/mol. The van der Waals surface area contributed by atoms with Crippen molar-refractivity contribution >= 4 is 27.9 Å². The van der Waals surface area contributed by atoms with E-state index in [2.05, 4.69) is 5.32 Å². The largest absolute Gasteiger partial charge is 0.396 e. The summed E-state index contributed by atoms with van der Waals surface area (Å²) in [5, 5.41) is 12.3. The van der Waals surface area contributed by atoms with Crippen LogP contribution in [0.5, 0.6) is 0 Å². The van der Waals surface area contributed by atoms with E-state index in [4.69, 9.17) is 21.5 Å². The van der Waals surface area contributed by atoms with Crippen LogP contribution in [0.15, 0.2) is 0 Å². The zero-order chi connectivity index (χ0) is 12.8. The fraction of sp³-hybridized carbons (Fsp3) is 0.400. The number of carbonyl (C=O) groups excluding carboxylic acids is 1. The minimum Gasteiger partial charge on any atom is -0.396 e. The summed E-state index contributed by atoms with van der Waals surface area (Å²) >= 11 is 1.12. The Morgan fingerprint density at radius 3 is 2.88 bits per heavy atom. The maximum atomic E-state index is 11.2. The van der Waals surface area contributed by atoms with E-state index in [1.807, 2.05) is 13.0 Å². The Balaban J connectivity index is 2.84. The van der Waals surface area contributed by atoms with Crippen molar-refractivity contribution in [2.75, 3.05) is 30.8 Å². The molecule has 0 saturated carbocycles. The molecule has 0 atom stereocenters. The summed E-state index contributed by atoms with van der Waals surface area (Å²) in [6.45, 7) is 3.56. The Morgan fingerprint density at radius 2 is 2.35 bits per heavy atom. The normalized spacial score (nSPS) is 9.88. The first-order chi connectivity index (χ1) is 8.11. The third-order valence-corrected chi connectivity index (χ3v) is 3.10. The Bertz CT molecular complexity index is 450. The molecule has 0 aromatic carbocycles. The number of anilines is 2. The second-order valence-electron chi connectivity index (χ2n) is 3.15. The van der Waals surface area contributed by atoms with Gasteiger partial charge in [-0.2, -0.15) is 5.26 Å². The summed E-state index contributed by atoms with van der Waals surface area (Å²) in [7, 11) is 0. The number of nitrogens with zero attached hydrogens (tertiary/aromatic N) is 1. The summed E-state index contributed by atoms with van der Waals surface area (Å²) in [6.07, 6.45) is 0. The number of ether oxygens (including phenoxy) is 1. The molecule has 7 heteroatoms. The van der Waals surface area contributed by atoms with Crippen molar-refractivity contribution in [3.8, 4) is 6.07 Å². The smallest absolute Gasteiger partial charge is 0.253 e. The van der Waals surface area contributed by atoms with Gasteiger partial charge in [0.1, 0.15) is 15.9 Å². The van der Waals surface area contributed by atoms with E-state index in [0.717, 1.165) is 11.3 Å². The number of thiophene rings is 1. The minimum atomic E-state index is -0.640. The van der Waals surface area contributed by atoms with Crippen LogP contribution in [0.1, 0.15) is 22.2 Å². The van der Waals surface area contributed by atoms with Gasteiger partial charge in [-0.25, -0.2) is 0 Å². The number of nitriles is 1. The van der Waals surface area contributed by atoms with E-state index in [1.165, 1.54) is 0 Å². The number of amides is 1. The molecule has 0 spiro atoms. The van der Waals surface area contributed by atoms with Crippen molar-refractivity contribution in [3.05, 3.63) is 10.4 Å². The minimum absolute atomic E-state index is 0.143. The van der Waals surface area contributed by atoms with Crippen molar-refractivity contribution in [1.82, 2.24) is 0 Å². The number of nitrogens with two attached hydrogens (primary N) is 2. The van der Waals surface area contributed by atoms with Gasteiger partial charge in [-0.05, 0) is 6.92 Å². The van der Waals surface area contributed by atoms with E-state index < -0.39 is 5.91 Å². The average molecular weight is 254 g/mol. The van der Waals surface area contributed by atoms with E-state index in [-0.39, 0.29) is 16.1 Å². The fourth-order valence-corrected chi connectivity index (χ4v) is 2.23. The highest BCUT2D eigenvalue weighted by atomic mass is 32.1. The number of hydrogen-bond acceptors (Lipinski definition) is 6. The molecule has 1 heterocycles. The molecule has 1 amide bonds. The predicted octanol–water partition coefficient (Wildman–Crippen LogP) is 0.749. The molecule has 0 unspecified atom stereocenters. The monoisotopic (exact) mass is 254 g/mol. The molecule has 0 aliphatic heterocycles. The second-order valence-corrected chi connectivity index (χ2v) is 4.17. The lowest BCUT2D eigenvalue weighted by molar-refractivity contribution is 0.100. The zero-order valence-corrected chi connectivity index (χ0v) is 10.3. The number of nitrogens with one attached hydrogen (secondary N) is 1. The standard InChI is InChI=1S/C10H14N4O2S/c1-2-16-4-3-14-10-7(9(13)15)8(12)6(5-11)17-10/h14H,2-4,12H2,1H3,(H2,13,15). The molecule has 0 bridgehead atoms. The molecule has 0 aliphatic carbocycles. The molecule has 6 nitrogen and oxygen atoms in total. The van der Waals surface area contributed by atoms with Crippen LogP contribution in [0.25, 0.3) is 0 Å². The Morgan fingerprint density at radius 1 is 1.65 bits per heavy atom. The van der Waals surface area contributed by atoms with Crippen LogP contribution in [0, 0.1) is 11.3 Å². The number of rotatable bonds is 6. The first-order valence-electron chi connectivity index (χ1n) is 5.05. The summed E-state index contributed by atoms with van der Waals surface area (Å²) < 4.78 is 5.15. The Kier molecular flexibility index (Phi) is 4.75. The molecule has 92 valence electrons. The molecule has 0 aliphatic rings. The van der Waals surface area contributed by atoms with Crippen molar-refractivity contribution in [2.24, 2.45) is 5.73 Å². The maximum Gasteiger partial charge on any atom is 0.253 e. The van der Waals surface area contributed by atoms with Gasteiger partial charge in [-0.3, -0.25) is 4.79 Å². The van der Waals surface area contributed by atoms with Gasteiger partial charge in [0.15, 0.2) is 0 Å². The van der Waals surface area contributed by atoms with Gasteiger partial charge in [0.25, 0.3) is 5.91 Å². The first-order valence-corrected chi connectivity index (χ1v) is 5.87. The number of nitrogen functional groups attached to an aromatic ring is 1. The van der Waals surface area contributed by atoms with Gasteiger partial charge in [0.2, 0.25) is 0 Å². The van der Waals surface area contributed by atoms with Crippen LogP contribution in [-0.2, 0) is 4.74 Å². The van der Waals surface area contributed by atoms with Crippen LogP contribution < -0.4 is 16.8 Å². The summed E-state index contributed by atoms with van der Waals surface area (Å²) in [5.41, 5.74) is 11.2. The molecule has 0 fully saturated rings. The zero-order valence-electron chi connectivity index (χ0n) is 9.45. The maximum absolute atomic E-state index is 11.2. The highest BCUT2D eigenvalue weighted by Gasteiger charge is 2.19. The van der Waals surface area contributed by atoms with Crippen LogP contribution in [0.4, 0.5) is 10.7 Å². The lowest BCUT2D eigenvalue weighted by Gasteiger charge is -2.05. The molecular formula is C10H14N4O2S. The lowest BCUT2D eigenvalue weighted by atomic mass is 10.2. The van der Waals surface area contributed by atoms with E-state index in [9.17, 15) is 4.79 Å². The lowest BCUT2D eigenvalue weighted by Crippen LogP contribution is -2.16. The highest BCUT2D eigenvalue weighted by molar-refractivity contribution is 7.17. The van der Waals surface area contributed by atoms with Gasteiger partial charge in [0, 0.05) is 13.2 Å². The second kappa shape index (κ2) is 6.08. The van der Waals surface area contributed by atoms with E-state index in [0.29, 0.717) is 24.8 Å². The number of primary amides is 1. The van der Waals surface area contributed by atoms with Gasteiger partial charge >= 0.3 is 0 Å². The highest BCUT2D eigenvalue weighted by Crippen LogP contribution is 2.34. The molecule has 1 rings (SSSR count). The molecular weight excluding hydrogens is 240 g/mol. The number of hydrogen-bond donors (Lipinski definition) is 3. The van der Waals surface area contributed by atoms with Crippen LogP contribution in [0.3, 0.4) is 0 Å². The summed E-state index contributed by atoms with van der Waals surface area (Å²) in [5.74, 6) is -0.640. The summed E-state index contributed by atoms with van der Waals surface area (Å²) in [4.78, 5) is 11.5. The topological polar surface area (TPSA) is 114 Å². The van der Waals surface area contributed by atoms with Crippen LogP contribution in [0.2, 0.25) is 0 Å². The van der Waals surface area contributed by atoms with Gasteiger partial charge < -0.3 is 21.5 Å². The SMILES string of the molecule is CCOCCNc1sc(C#N)c(N)c1C(N)=O. The Labute approximate surface area is 103 Å². The molecule has 1 aromatic heterocycles. The van der Waals surface area contributed by atoms with Crippen LogP contribution in [-0.4, -0.2) is 25.7 Å². The molecule has 5 N–H and O–H groups in total. The fourth-order valence-electron chi connectivity index (χ4n) is 1.28. The van der Waals surface area contributed by atoms with Gasteiger partial charge in [0.05, 0.1) is 17.9 Å². The quantitative estimate of drug-likeness (QED) is 0.648. The Hall–Kier alpha value is -1.78. The third-order valence-electron chi connectivity index (χ3n) is 2.03. The third kappa shape index (κ3) is 3.09. The van der Waals surface area contributed by atoms with E-state index >= 15 is 0 Å². The number of carbonyl (C=O) groups is 1. The van der Waals surface area contributed by atoms with E-state index in [1.54, 1.807) is 0 Å². The van der Waals surface area contributed by atoms with Crippen LogP contribution >= 0.6 is 11.3 Å². The van der Waals surface area contributed by atoms with Crippen molar-refractivity contribution in [3.63, 3.8) is 0 Å².